The van der Waals surface area contributed by atoms with Gasteiger partial charge in [-0.15, -0.1) is 0 Å². The highest BCUT2D eigenvalue weighted by Crippen LogP contribution is 2.18. The lowest BCUT2D eigenvalue weighted by Gasteiger charge is -2.18. The number of hydrogen-bond acceptors (Lipinski definition) is 1. The molecule has 0 radical (unpaired) electrons. The van der Waals surface area contributed by atoms with Gasteiger partial charge in [0, 0.05) is 12.3 Å². The molecular formula is C12H15N. The lowest BCUT2D eigenvalue weighted by Crippen LogP contribution is -2.14. The summed E-state index contributed by atoms with van der Waals surface area (Å²) in [5, 5.41) is 0. The molecule has 0 aromatic heterocycles. The Morgan fingerprint density at radius 3 is 2.69 bits per heavy atom. The molecule has 2 rings (SSSR count). The Hall–Kier alpha value is -1.11. The van der Waals surface area contributed by atoms with Crippen LogP contribution in [-0.2, 0) is 0 Å². The molecule has 0 amide bonds. The molecule has 1 nitrogen and oxygen atoms in total. The van der Waals surface area contributed by atoms with Crippen molar-refractivity contribution in [3.05, 3.63) is 35.9 Å². The molecule has 1 aliphatic rings. The Labute approximate surface area is 79.5 Å². The summed E-state index contributed by atoms with van der Waals surface area (Å²) in [6.45, 7) is 3.31. The van der Waals surface area contributed by atoms with Crippen LogP contribution in [0.4, 0.5) is 0 Å². The number of nitrogens with zero attached hydrogens (tertiary/aromatic N) is 1. The third-order valence-electron chi connectivity index (χ3n) is 2.57. The summed E-state index contributed by atoms with van der Waals surface area (Å²) in [5.41, 5.74) is 2.59. The third-order valence-corrected chi connectivity index (χ3v) is 2.57. The maximum absolute atomic E-state index is 4.57. The van der Waals surface area contributed by atoms with Crippen molar-refractivity contribution in [3.63, 3.8) is 0 Å². The van der Waals surface area contributed by atoms with Crippen LogP contribution in [0, 0.1) is 5.92 Å². The fourth-order valence-electron chi connectivity index (χ4n) is 1.76. The van der Waals surface area contributed by atoms with Crippen molar-refractivity contribution in [2.75, 3.05) is 6.54 Å². The fraction of sp³-hybridized carbons (Fsp3) is 0.417. The van der Waals surface area contributed by atoms with Crippen LogP contribution in [0.5, 0.6) is 0 Å². The minimum atomic E-state index is 0.799. The number of aliphatic imine (C=N–C) groups is 1. The Morgan fingerprint density at radius 1 is 1.23 bits per heavy atom. The van der Waals surface area contributed by atoms with E-state index in [1.54, 1.807) is 0 Å². The Kier molecular flexibility index (Phi) is 2.44. The molecule has 0 bridgehead atoms. The van der Waals surface area contributed by atoms with Crippen LogP contribution >= 0.6 is 0 Å². The van der Waals surface area contributed by atoms with E-state index in [0.717, 1.165) is 18.9 Å². The van der Waals surface area contributed by atoms with E-state index >= 15 is 0 Å². The molecule has 1 aromatic carbocycles. The van der Waals surface area contributed by atoms with Crippen molar-refractivity contribution >= 4 is 5.71 Å². The van der Waals surface area contributed by atoms with Crippen LogP contribution in [0.15, 0.2) is 35.3 Å². The normalized spacial score (nSPS) is 22.5. The van der Waals surface area contributed by atoms with Gasteiger partial charge in [0.15, 0.2) is 0 Å². The molecule has 1 heterocycles. The summed E-state index contributed by atoms with van der Waals surface area (Å²) in [6, 6.07) is 10.5. The lowest BCUT2D eigenvalue weighted by atomic mass is 9.94. The van der Waals surface area contributed by atoms with Crippen molar-refractivity contribution < 1.29 is 0 Å². The molecule has 1 aliphatic heterocycles. The minimum absolute atomic E-state index is 0.799. The quantitative estimate of drug-likeness (QED) is 0.619. The van der Waals surface area contributed by atoms with Crippen LogP contribution in [0.1, 0.15) is 25.3 Å². The lowest BCUT2D eigenvalue weighted by molar-refractivity contribution is 0.541. The second kappa shape index (κ2) is 3.73. The van der Waals surface area contributed by atoms with Gasteiger partial charge in [0.25, 0.3) is 0 Å². The molecule has 0 unspecified atom stereocenters. The average molecular weight is 173 g/mol. The molecule has 0 saturated carbocycles. The highest BCUT2D eigenvalue weighted by molar-refractivity contribution is 6.00. The zero-order valence-corrected chi connectivity index (χ0v) is 8.03. The van der Waals surface area contributed by atoms with Gasteiger partial charge in [0.05, 0.1) is 0 Å². The first-order chi connectivity index (χ1) is 6.36. The van der Waals surface area contributed by atoms with Gasteiger partial charge in [0.2, 0.25) is 0 Å². The molecule has 0 N–H and O–H groups in total. The molecule has 0 saturated heterocycles. The Bertz CT molecular complexity index is 300. The Morgan fingerprint density at radius 2 is 2.00 bits per heavy atom. The molecular weight excluding hydrogens is 158 g/mol. The topological polar surface area (TPSA) is 12.4 Å². The maximum Gasteiger partial charge on any atom is 0.0423 e. The molecule has 1 heteroatoms. The molecule has 1 aromatic rings. The predicted molar refractivity (Wildman–Crippen MR) is 56.2 cm³/mol. The van der Waals surface area contributed by atoms with Crippen LogP contribution in [0.25, 0.3) is 0 Å². The zero-order chi connectivity index (χ0) is 9.10. The van der Waals surface area contributed by atoms with Gasteiger partial charge in [-0.25, -0.2) is 0 Å². The Balaban J connectivity index is 2.22. The van der Waals surface area contributed by atoms with E-state index in [0.29, 0.717) is 0 Å². The van der Waals surface area contributed by atoms with Gasteiger partial charge in [-0.3, -0.25) is 4.99 Å². The second-order valence-corrected chi connectivity index (χ2v) is 3.79. The van der Waals surface area contributed by atoms with Crippen LogP contribution in [0.3, 0.4) is 0 Å². The maximum atomic E-state index is 4.57. The standard InChI is InChI=1S/C12H15N/c1-10-7-8-13-12(9-10)11-5-3-2-4-6-11/h2-6,10H,7-9H2,1H3/t10-/m1/s1. The van der Waals surface area contributed by atoms with Gasteiger partial charge in [-0.05, 0) is 24.3 Å². The fourth-order valence-corrected chi connectivity index (χ4v) is 1.76. The number of benzene rings is 1. The molecule has 0 aliphatic carbocycles. The van der Waals surface area contributed by atoms with Crippen molar-refractivity contribution in [2.45, 2.75) is 19.8 Å². The van der Waals surface area contributed by atoms with Crippen molar-refractivity contribution in [1.82, 2.24) is 0 Å². The molecule has 1 atom stereocenters. The van der Waals surface area contributed by atoms with Gasteiger partial charge in [0.1, 0.15) is 0 Å². The van der Waals surface area contributed by atoms with Gasteiger partial charge >= 0.3 is 0 Å². The van der Waals surface area contributed by atoms with Crippen LogP contribution in [0.2, 0.25) is 0 Å². The average Bonchev–Trinajstić information content (AvgIpc) is 2.19. The third kappa shape index (κ3) is 1.97. The van der Waals surface area contributed by atoms with E-state index in [1.807, 2.05) is 0 Å². The zero-order valence-electron chi connectivity index (χ0n) is 8.03. The van der Waals surface area contributed by atoms with Gasteiger partial charge in [-0.2, -0.15) is 0 Å². The van der Waals surface area contributed by atoms with Gasteiger partial charge < -0.3 is 0 Å². The molecule has 0 fully saturated rings. The van der Waals surface area contributed by atoms with Crippen molar-refractivity contribution in [2.24, 2.45) is 10.9 Å². The first-order valence-corrected chi connectivity index (χ1v) is 4.95. The second-order valence-electron chi connectivity index (χ2n) is 3.79. The molecule has 0 spiro atoms. The molecule has 68 valence electrons. The van der Waals surface area contributed by atoms with E-state index in [1.165, 1.54) is 17.7 Å². The first-order valence-electron chi connectivity index (χ1n) is 4.95. The monoisotopic (exact) mass is 173 g/mol. The van der Waals surface area contributed by atoms with E-state index < -0.39 is 0 Å². The highest BCUT2D eigenvalue weighted by Gasteiger charge is 2.12. The summed E-state index contributed by atoms with van der Waals surface area (Å²) >= 11 is 0. The largest absolute Gasteiger partial charge is 0.289 e. The summed E-state index contributed by atoms with van der Waals surface area (Å²) in [6.07, 6.45) is 2.39. The minimum Gasteiger partial charge on any atom is -0.289 e. The van der Waals surface area contributed by atoms with E-state index in [9.17, 15) is 0 Å². The van der Waals surface area contributed by atoms with E-state index in [2.05, 4.69) is 42.2 Å². The summed E-state index contributed by atoms with van der Waals surface area (Å²) < 4.78 is 0. The molecule has 13 heavy (non-hydrogen) atoms. The summed E-state index contributed by atoms with van der Waals surface area (Å²) in [5.74, 6) is 0.799. The smallest absolute Gasteiger partial charge is 0.0423 e. The van der Waals surface area contributed by atoms with E-state index in [-0.39, 0.29) is 0 Å². The number of hydrogen-bond donors (Lipinski definition) is 0. The predicted octanol–water partition coefficient (Wildman–Crippen LogP) is 2.91. The van der Waals surface area contributed by atoms with Crippen molar-refractivity contribution in [1.29, 1.82) is 0 Å². The number of rotatable bonds is 1. The van der Waals surface area contributed by atoms with Gasteiger partial charge in [-0.1, -0.05) is 37.3 Å². The summed E-state index contributed by atoms with van der Waals surface area (Å²) in [7, 11) is 0. The van der Waals surface area contributed by atoms with Crippen molar-refractivity contribution in [3.8, 4) is 0 Å². The summed E-state index contributed by atoms with van der Waals surface area (Å²) in [4.78, 5) is 4.57. The SMILES string of the molecule is C[C@@H]1CCN=C(c2ccccc2)C1. The van der Waals surface area contributed by atoms with E-state index in [4.69, 9.17) is 0 Å². The van der Waals surface area contributed by atoms with Crippen LogP contribution < -0.4 is 0 Å². The first kappa shape index (κ1) is 8.49. The highest BCUT2D eigenvalue weighted by atomic mass is 14.7. The van der Waals surface area contributed by atoms with Crippen LogP contribution in [-0.4, -0.2) is 12.3 Å².